The standard InChI is InChI=1S/C19H15N5O7S/c1-3-7-22-17(11-5-4-6-13(8-11)31-2)20-21-19(22)32-16-14(23(27)28)9-12(18(25)26)10-15(16)24(29)30/h3-6,8-10H,1,7H2,2H3,(H,25,26). The predicted octanol–water partition coefficient (Wildman–Crippen LogP) is 3.81. The van der Waals surface area contributed by atoms with Gasteiger partial charge in [0.05, 0.1) is 22.5 Å². The number of nitrogens with zero attached hydrogens (tertiary/aromatic N) is 5. The fourth-order valence-electron chi connectivity index (χ4n) is 2.82. The zero-order chi connectivity index (χ0) is 23.4. The Labute approximate surface area is 184 Å². The molecule has 0 bridgehead atoms. The smallest absolute Gasteiger partial charge is 0.336 e. The van der Waals surface area contributed by atoms with Gasteiger partial charge in [-0.1, -0.05) is 18.2 Å². The van der Waals surface area contributed by atoms with Crippen molar-refractivity contribution in [3.63, 3.8) is 0 Å². The van der Waals surface area contributed by atoms with Gasteiger partial charge in [0.2, 0.25) is 0 Å². The van der Waals surface area contributed by atoms with Crippen LogP contribution in [0.3, 0.4) is 0 Å². The van der Waals surface area contributed by atoms with Gasteiger partial charge in [0.1, 0.15) is 5.75 Å². The van der Waals surface area contributed by atoms with Gasteiger partial charge in [0.25, 0.3) is 11.4 Å². The van der Waals surface area contributed by atoms with Crippen LogP contribution in [0, 0.1) is 20.2 Å². The van der Waals surface area contributed by atoms with E-state index in [2.05, 4.69) is 16.8 Å². The van der Waals surface area contributed by atoms with Crippen molar-refractivity contribution in [2.75, 3.05) is 7.11 Å². The van der Waals surface area contributed by atoms with Gasteiger partial charge in [-0.25, -0.2) is 4.79 Å². The molecule has 12 nitrogen and oxygen atoms in total. The molecule has 0 radical (unpaired) electrons. The van der Waals surface area contributed by atoms with Crippen LogP contribution in [0.1, 0.15) is 10.4 Å². The van der Waals surface area contributed by atoms with Gasteiger partial charge in [-0.05, 0) is 23.9 Å². The molecular formula is C19H15N5O7S. The number of hydrogen-bond acceptors (Lipinski definition) is 9. The molecule has 2 aromatic carbocycles. The fourth-order valence-corrected chi connectivity index (χ4v) is 3.83. The third kappa shape index (κ3) is 4.41. The van der Waals surface area contributed by atoms with Crippen LogP contribution in [0.4, 0.5) is 11.4 Å². The van der Waals surface area contributed by atoms with Crippen LogP contribution in [0.15, 0.2) is 59.1 Å². The molecule has 3 aromatic rings. The van der Waals surface area contributed by atoms with Gasteiger partial charge in [-0.3, -0.25) is 24.8 Å². The minimum absolute atomic E-state index is 0.122. The maximum Gasteiger partial charge on any atom is 0.336 e. The van der Waals surface area contributed by atoms with Crippen LogP contribution < -0.4 is 4.74 Å². The van der Waals surface area contributed by atoms with E-state index in [-0.39, 0.29) is 16.6 Å². The second-order valence-electron chi connectivity index (χ2n) is 6.20. The molecule has 0 amide bonds. The average Bonchev–Trinajstić information content (AvgIpc) is 3.15. The van der Waals surface area contributed by atoms with Gasteiger partial charge in [0, 0.05) is 24.2 Å². The van der Waals surface area contributed by atoms with E-state index in [0.29, 0.717) is 28.9 Å². The quantitative estimate of drug-likeness (QED) is 0.284. The summed E-state index contributed by atoms with van der Waals surface area (Å²) >= 11 is 0.644. The number of rotatable bonds is 9. The van der Waals surface area contributed by atoms with Crippen molar-refractivity contribution in [3.05, 3.63) is 74.8 Å². The number of nitro groups is 2. The maximum absolute atomic E-state index is 11.6. The van der Waals surface area contributed by atoms with E-state index in [1.54, 1.807) is 34.9 Å². The first-order chi connectivity index (χ1) is 15.3. The molecule has 3 rings (SSSR count). The molecule has 1 N–H and O–H groups in total. The zero-order valence-corrected chi connectivity index (χ0v) is 17.3. The van der Waals surface area contributed by atoms with E-state index < -0.39 is 32.8 Å². The first-order valence-corrected chi connectivity index (χ1v) is 9.65. The first-order valence-electron chi connectivity index (χ1n) is 8.83. The molecule has 164 valence electrons. The predicted molar refractivity (Wildman–Crippen MR) is 113 cm³/mol. The molecule has 13 heteroatoms. The summed E-state index contributed by atoms with van der Waals surface area (Å²) in [6.07, 6.45) is 1.55. The molecule has 0 aliphatic rings. The van der Waals surface area contributed by atoms with E-state index in [0.717, 1.165) is 12.1 Å². The molecule has 0 unspecified atom stereocenters. The highest BCUT2D eigenvalue weighted by Crippen LogP contribution is 2.42. The number of aromatic carboxylic acids is 1. The molecule has 0 aliphatic heterocycles. The number of benzene rings is 2. The highest BCUT2D eigenvalue weighted by molar-refractivity contribution is 7.99. The lowest BCUT2D eigenvalue weighted by atomic mass is 10.2. The molecule has 0 spiro atoms. The van der Waals surface area contributed by atoms with Crippen LogP contribution in [-0.2, 0) is 6.54 Å². The van der Waals surface area contributed by atoms with Crippen molar-refractivity contribution in [1.29, 1.82) is 0 Å². The number of allylic oxidation sites excluding steroid dienone is 1. The Morgan fingerprint density at radius 2 is 1.88 bits per heavy atom. The van der Waals surface area contributed by atoms with Crippen LogP contribution in [0.2, 0.25) is 0 Å². The number of hydrogen-bond donors (Lipinski definition) is 1. The first kappa shape index (κ1) is 22.4. The Morgan fingerprint density at radius 1 is 1.22 bits per heavy atom. The fraction of sp³-hybridized carbons (Fsp3) is 0.105. The Morgan fingerprint density at radius 3 is 2.41 bits per heavy atom. The monoisotopic (exact) mass is 457 g/mol. The molecule has 1 aromatic heterocycles. The van der Waals surface area contributed by atoms with Gasteiger partial charge >= 0.3 is 5.97 Å². The second kappa shape index (κ2) is 9.26. The molecule has 0 fully saturated rings. The summed E-state index contributed by atoms with van der Waals surface area (Å²) in [5.74, 6) is -0.568. The lowest BCUT2D eigenvalue weighted by Gasteiger charge is -2.09. The molecule has 1 heterocycles. The Balaban J connectivity index is 2.17. The number of carboxylic acids is 1. The highest BCUT2D eigenvalue weighted by Gasteiger charge is 2.31. The van der Waals surface area contributed by atoms with Crippen LogP contribution in [0.5, 0.6) is 5.75 Å². The third-order valence-electron chi connectivity index (χ3n) is 4.24. The van der Waals surface area contributed by atoms with Crippen molar-refractivity contribution in [1.82, 2.24) is 14.8 Å². The Bertz CT molecular complexity index is 1210. The largest absolute Gasteiger partial charge is 0.497 e. The van der Waals surface area contributed by atoms with E-state index >= 15 is 0 Å². The van der Waals surface area contributed by atoms with Crippen LogP contribution in [0.25, 0.3) is 11.4 Å². The lowest BCUT2D eigenvalue weighted by molar-refractivity contribution is -0.399. The summed E-state index contributed by atoms with van der Waals surface area (Å²) in [4.78, 5) is 32.3. The summed E-state index contributed by atoms with van der Waals surface area (Å²) in [6, 6.07) is 8.50. The molecule has 0 atom stereocenters. The van der Waals surface area contributed by atoms with E-state index in [4.69, 9.17) is 9.84 Å². The van der Waals surface area contributed by atoms with Crippen molar-refractivity contribution < 1.29 is 24.5 Å². The Hall–Kier alpha value is -4.26. The normalized spacial score (nSPS) is 10.5. The zero-order valence-electron chi connectivity index (χ0n) is 16.5. The molecule has 32 heavy (non-hydrogen) atoms. The lowest BCUT2D eigenvalue weighted by Crippen LogP contribution is -2.05. The molecule has 0 saturated heterocycles. The van der Waals surface area contributed by atoms with Crippen molar-refractivity contribution in [2.45, 2.75) is 16.6 Å². The third-order valence-corrected chi connectivity index (χ3v) is 5.35. The summed E-state index contributed by atoms with van der Waals surface area (Å²) in [5, 5.41) is 40.6. The van der Waals surface area contributed by atoms with E-state index in [9.17, 15) is 25.0 Å². The number of methoxy groups -OCH3 is 1. The number of aromatic nitrogens is 3. The highest BCUT2D eigenvalue weighted by atomic mass is 32.2. The van der Waals surface area contributed by atoms with Crippen LogP contribution >= 0.6 is 11.8 Å². The summed E-state index contributed by atoms with van der Waals surface area (Å²) in [6.45, 7) is 3.89. The summed E-state index contributed by atoms with van der Waals surface area (Å²) in [7, 11) is 1.51. The average molecular weight is 457 g/mol. The van der Waals surface area contributed by atoms with Crippen LogP contribution in [-0.4, -0.2) is 42.8 Å². The summed E-state index contributed by atoms with van der Waals surface area (Å²) in [5.41, 5.74) is -1.39. The number of nitro benzene ring substituents is 2. The minimum atomic E-state index is -1.53. The Kier molecular flexibility index (Phi) is 6.49. The number of carboxylic acid groups (broad SMARTS) is 1. The molecular weight excluding hydrogens is 442 g/mol. The van der Waals surface area contributed by atoms with Crippen molar-refractivity contribution in [2.24, 2.45) is 0 Å². The molecule has 0 aliphatic carbocycles. The SMILES string of the molecule is C=CCn1c(Sc2c([N+](=O)[O-])cc(C(=O)O)cc2[N+](=O)[O-])nnc1-c1cccc(OC)c1. The van der Waals surface area contributed by atoms with E-state index in [1.165, 1.54) is 7.11 Å². The van der Waals surface area contributed by atoms with Crippen molar-refractivity contribution >= 4 is 29.1 Å². The van der Waals surface area contributed by atoms with Gasteiger partial charge < -0.3 is 9.84 Å². The van der Waals surface area contributed by atoms with Gasteiger partial charge in [-0.2, -0.15) is 0 Å². The number of ether oxygens (including phenoxy) is 1. The van der Waals surface area contributed by atoms with Crippen molar-refractivity contribution in [3.8, 4) is 17.1 Å². The second-order valence-corrected chi connectivity index (χ2v) is 7.18. The van der Waals surface area contributed by atoms with E-state index in [1.807, 2.05) is 0 Å². The molecule has 0 saturated carbocycles. The topological polar surface area (TPSA) is 164 Å². The summed E-state index contributed by atoms with van der Waals surface area (Å²) < 4.78 is 6.79. The number of carbonyl (C=O) groups is 1. The minimum Gasteiger partial charge on any atom is -0.497 e. The maximum atomic E-state index is 11.6. The van der Waals surface area contributed by atoms with Gasteiger partial charge in [0.15, 0.2) is 15.9 Å². The van der Waals surface area contributed by atoms with Gasteiger partial charge in [-0.15, -0.1) is 16.8 Å².